The van der Waals surface area contributed by atoms with E-state index in [0.29, 0.717) is 13.2 Å². The third kappa shape index (κ3) is 4.95. The van der Waals surface area contributed by atoms with Gasteiger partial charge in [0.2, 0.25) is 0 Å². The largest absolute Gasteiger partial charge is 0.494 e. The van der Waals surface area contributed by atoms with Gasteiger partial charge in [-0.1, -0.05) is 42.5 Å². The van der Waals surface area contributed by atoms with Crippen molar-refractivity contribution in [2.75, 3.05) is 20.3 Å². The van der Waals surface area contributed by atoms with E-state index in [1.165, 1.54) is 16.7 Å². The number of rotatable bonds is 8. The summed E-state index contributed by atoms with van der Waals surface area (Å²) in [6.07, 6.45) is 1.01. The number of nitrogens with zero attached hydrogens (tertiary/aromatic N) is 1. The number of benzene rings is 3. The zero-order chi connectivity index (χ0) is 20.8. The Balaban J connectivity index is 1.45. The van der Waals surface area contributed by atoms with E-state index in [1.54, 1.807) is 7.11 Å². The monoisotopic (exact) mass is 403 g/mol. The van der Waals surface area contributed by atoms with Crippen LogP contribution in [0.4, 0.5) is 0 Å². The van der Waals surface area contributed by atoms with E-state index < -0.39 is 0 Å². The van der Waals surface area contributed by atoms with Crippen molar-refractivity contribution < 1.29 is 14.2 Å². The van der Waals surface area contributed by atoms with Gasteiger partial charge >= 0.3 is 0 Å². The fraction of sp³-hybridized carbons (Fsp3) is 0.308. The molecule has 1 aliphatic rings. The number of methoxy groups -OCH3 is 1. The van der Waals surface area contributed by atoms with E-state index >= 15 is 0 Å². The molecule has 3 aromatic carbocycles. The van der Waals surface area contributed by atoms with Crippen LogP contribution in [-0.2, 0) is 26.1 Å². The zero-order valence-electron chi connectivity index (χ0n) is 17.8. The lowest BCUT2D eigenvalue weighted by Crippen LogP contribution is -2.30. The molecule has 0 saturated carbocycles. The Morgan fingerprint density at radius 2 is 1.63 bits per heavy atom. The molecule has 4 heteroatoms. The lowest BCUT2D eigenvalue weighted by atomic mass is 9.98. The highest BCUT2D eigenvalue weighted by molar-refractivity contribution is 5.48. The molecule has 3 aromatic rings. The highest BCUT2D eigenvalue weighted by Crippen LogP contribution is 2.34. The summed E-state index contributed by atoms with van der Waals surface area (Å²) in [6.45, 7) is 6.08. The van der Waals surface area contributed by atoms with Crippen molar-refractivity contribution in [2.24, 2.45) is 0 Å². The zero-order valence-corrected chi connectivity index (χ0v) is 17.8. The molecule has 0 aromatic heterocycles. The molecule has 0 atom stereocenters. The standard InChI is InChI=1S/C26H29NO3/c1-3-29-24-11-7-10-21(14-24)17-27-13-12-22-15-26(25(28-2)16-23(22)18-27)30-19-20-8-5-4-6-9-20/h4-11,14-16H,3,12-13,17-19H2,1-2H3. The predicted molar refractivity (Wildman–Crippen MR) is 119 cm³/mol. The molecule has 0 N–H and O–H groups in total. The molecule has 0 unspecified atom stereocenters. The first-order valence-corrected chi connectivity index (χ1v) is 10.6. The van der Waals surface area contributed by atoms with Crippen molar-refractivity contribution in [1.29, 1.82) is 0 Å². The summed E-state index contributed by atoms with van der Waals surface area (Å²) in [5, 5.41) is 0. The molecule has 0 spiro atoms. The molecule has 0 radical (unpaired) electrons. The van der Waals surface area contributed by atoms with Gasteiger partial charge in [0.05, 0.1) is 13.7 Å². The van der Waals surface area contributed by atoms with Gasteiger partial charge in [-0.05, 0) is 59.9 Å². The minimum Gasteiger partial charge on any atom is -0.494 e. The quantitative estimate of drug-likeness (QED) is 0.515. The summed E-state index contributed by atoms with van der Waals surface area (Å²) in [4.78, 5) is 2.47. The predicted octanol–water partition coefficient (Wildman–Crippen LogP) is 5.23. The maximum Gasteiger partial charge on any atom is 0.161 e. The molecule has 0 amide bonds. The van der Waals surface area contributed by atoms with Gasteiger partial charge in [0.25, 0.3) is 0 Å². The summed E-state index contributed by atoms with van der Waals surface area (Å²) >= 11 is 0. The van der Waals surface area contributed by atoms with Crippen LogP contribution >= 0.6 is 0 Å². The smallest absolute Gasteiger partial charge is 0.161 e. The maximum atomic E-state index is 6.09. The van der Waals surface area contributed by atoms with Gasteiger partial charge in [-0.25, -0.2) is 0 Å². The first kappa shape index (κ1) is 20.3. The number of fused-ring (bicyclic) bond motifs is 1. The Kier molecular flexibility index (Phi) is 6.55. The van der Waals surface area contributed by atoms with E-state index in [4.69, 9.17) is 14.2 Å². The molecule has 156 valence electrons. The van der Waals surface area contributed by atoms with Crippen LogP contribution in [0.2, 0.25) is 0 Å². The van der Waals surface area contributed by atoms with Gasteiger partial charge in [0, 0.05) is 19.6 Å². The normalized spacial score (nSPS) is 13.5. The molecule has 0 saturated heterocycles. The second kappa shape index (κ2) is 9.68. The lowest BCUT2D eigenvalue weighted by Gasteiger charge is -2.29. The van der Waals surface area contributed by atoms with Crippen molar-refractivity contribution in [1.82, 2.24) is 4.90 Å². The fourth-order valence-corrected chi connectivity index (χ4v) is 3.92. The minimum atomic E-state index is 0.540. The molecule has 4 rings (SSSR count). The van der Waals surface area contributed by atoms with Gasteiger partial charge in [-0.2, -0.15) is 0 Å². The van der Waals surface area contributed by atoms with Crippen LogP contribution < -0.4 is 14.2 Å². The molecule has 0 fully saturated rings. The Bertz CT molecular complexity index is 971. The fourth-order valence-electron chi connectivity index (χ4n) is 3.92. The molecule has 30 heavy (non-hydrogen) atoms. The topological polar surface area (TPSA) is 30.9 Å². The van der Waals surface area contributed by atoms with Crippen LogP contribution in [-0.4, -0.2) is 25.2 Å². The van der Waals surface area contributed by atoms with Crippen molar-refractivity contribution in [3.63, 3.8) is 0 Å². The van der Waals surface area contributed by atoms with E-state index in [9.17, 15) is 0 Å². The van der Waals surface area contributed by atoms with E-state index in [-0.39, 0.29) is 0 Å². The Hall–Kier alpha value is -2.98. The van der Waals surface area contributed by atoms with Crippen LogP contribution in [0.25, 0.3) is 0 Å². The highest BCUT2D eigenvalue weighted by atomic mass is 16.5. The van der Waals surface area contributed by atoms with Crippen LogP contribution in [0.15, 0.2) is 66.7 Å². The minimum absolute atomic E-state index is 0.540. The van der Waals surface area contributed by atoms with Gasteiger partial charge in [0.15, 0.2) is 11.5 Å². The summed E-state index contributed by atoms with van der Waals surface area (Å²) in [7, 11) is 1.71. The highest BCUT2D eigenvalue weighted by Gasteiger charge is 2.20. The van der Waals surface area contributed by atoms with E-state index in [0.717, 1.165) is 48.9 Å². The van der Waals surface area contributed by atoms with Gasteiger partial charge in [-0.3, -0.25) is 4.90 Å². The molecular formula is C26H29NO3. The Morgan fingerprint density at radius 3 is 2.43 bits per heavy atom. The van der Waals surface area contributed by atoms with Crippen LogP contribution in [0, 0.1) is 0 Å². The molecule has 1 aliphatic heterocycles. The molecule has 0 bridgehead atoms. The third-order valence-electron chi connectivity index (χ3n) is 5.43. The van der Waals surface area contributed by atoms with E-state index in [2.05, 4.69) is 47.4 Å². The number of hydrogen-bond donors (Lipinski definition) is 0. The van der Waals surface area contributed by atoms with Crippen LogP contribution in [0.3, 0.4) is 0 Å². The second-order valence-corrected chi connectivity index (χ2v) is 7.59. The lowest BCUT2D eigenvalue weighted by molar-refractivity contribution is 0.242. The van der Waals surface area contributed by atoms with Gasteiger partial charge < -0.3 is 14.2 Å². The van der Waals surface area contributed by atoms with Gasteiger partial charge in [0.1, 0.15) is 12.4 Å². The molecule has 4 nitrogen and oxygen atoms in total. The average molecular weight is 404 g/mol. The van der Waals surface area contributed by atoms with E-state index in [1.807, 2.05) is 31.2 Å². The Morgan fingerprint density at radius 1 is 0.833 bits per heavy atom. The summed E-state index contributed by atoms with van der Waals surface area (Å²) in [6, 6.07) is 22.9. The summed E-state index contributed by atoms with van der Waals surface area (Å²) in [5.41, 5.74) is 5.08. The summed E-state index contributed by atoms with van der Waals surface area (Å²) < 4.78 is 17.4. The third-order valence-corrected chi connectivity index (χ3v) is 5.43. The summed E-state index contributed by atoms with van der Waals surface area (Å²) in [5.74, 6) is 2.55. The molecular weight excluding hydrogens is 374 g/mol. The van der Waals surface area contributed by atoms with Gasteiger partial charge in [-0.15, -0.1) is 0 Å². The number of hydrogen-bond acceptors (Lipinski definition) is 4. The van der Waals surface area contributed by atoms with Crippen LogP contribution in [0.1, 0.15) is 29.2 Å². The average Bonchev–Trinajstić information content (AvgIpc) is 2.78. The molecule has 0 aliphatic carbocycles. The Labute approximate surface area is 179 Å². The first-order chi connectivity index (χ1) is 14.7. The van der Waals surface area contributed by atoms with Crippen molar-refractivity contribution in [3.8, 4) is 17.2 Å². The number of ether oxygens (including phenoxy) is 3. The first-order valence-electron chi connectivity index (χ1n) is 10.6. The van der Waals surface area contributed by atoms with Crippen molar-refractivity contribution >= 4 is 0 Å². The SMILES string of the molecule is CCOc1cccc(CN2CCc3cc(OCc4ccccc4)c(OC)cc3C2)c1. The molecule has 1 heterocycles. The van der Waals surface area contributed by atoms with Crippen molar-refractivity contribution in [3.05, 3.63) is 89.0 Å². The van der Waals surface area contributed by atoms with Crippen LogP contribution in [0.5, 0.6) is 17.2 Å². The van der Waals surface area contributed by atoms with Crippen molar-refractivity contribution in [2.45, 2.75) is 33.0 Å². The second-order valence-electron chi connectivity index (χ2n) is 7.59. The maximum absolute atomic E-state index is 6.09.